The van der Waals surface area contributed by atoms with Gasteiger partial charge in [0, 0.05) is 10.6 Å². The van der Waals surface area contributed by atoms with Crippen LogP contribution in [-0.2, 0) is 12.8 Å². The van der Waals surface area contributed by atoms with E-state index in [2.05, 4.69) is 26.1 Å². The molecule has 1 aromatic carbocycles. The molecule has 4 heteroatoms. The maximum atomic E-state index is 12.7. The Bertz CT molecular complexity index is 734. The first-order chi connectivity index (χ1) is 11.4. The Morgan fingerprint density at radius 3 is 2.71 bits per heavy atom. The van der Waals surface area contributed by atoms with Gasteiger partial charge in [-0.05, 0) is 48.3 Å². The second kappa shape index (κ2) is 6.60. The summed E-state index contributed by atoms with van der Waals surface area (Å²) < 4.78 is 0. The van der Waals surface area contributed by atoms with E-state index in [0.717, 1.165) is 24.9 Å². The minimum Gasteiger partial charge on any atom is -0.390 e. The lowest BCUT2D eigenvalue weighted by molar-refractivity contribution is 0.102. The monoisotopic (exact) mass is 342 g/mol. The SMILES string of the molecule is CCC(C)(C)C1CCc2c(sc(N)c2C(=O)Nc2ccccc2)C1. The van der Waals surface area contributed by atoms with E-state index in [1.165, 1.54) is 16.9 Å². The van der Waals surface area contributed by atoms with Crippen LogP contribution in [0.4, 0.5) is 10.7 Å². The van der Waals surface area contributed by atoms with Crippen molar-refractivity contribution < 1.29 is 4.79 Å². The summed E-state index contributed by atoms with van der Waals surface area (Å²) in [4.78, 5) is 14.0. The first kappa shape index (κ1) is 17.0. The topological polar surface area (TPSA) is 55.1 Å². The molecule has 24 heavy (non-hydrogen) atoms. The molecule has 3 nitrogen and oxygen atoms in total. The van der Waals surface area contributed by atoms with Crippen LogP contribution in [0.1, 0.15) is 54.4 Å². The minimum atomic E-state index is -0.0793. The van der Waals surface area contributed by atoms with Crippen molar-refractivity contribution in [2.75, 3.05) is 11.1 Å². The molecule has 0 bridgehead atoms. The summed E-state index contributed by atoms with van der Waals surface area (Å²) in [5, 5.41) is 3.63. The van der Waals surface area contributed by atoms with Crippen LogP contribution in [0.15, 0.2) is 30.3 Å². The number of nitrogens with one attached hydrogen (secondary N) is 1. The van der Waals surface area contributed by atoms with Gasteiger partial charge in [0.05, 0.1) is 10.6 Å². The lowest BCUT2D eigenvalue weighted by Gasteiger charge is -2.36. The summed E-state index contributed by atoms with van der Waals surface area (Å²) in [6, 6.07) is 9.56. The predicted octanol–water partition coefficient (Wildman–Crippen LogP) is 5.12. The van der Waals surface area contributed by atoms with Gasteiger partial charge in [0.2, 0.25) is 0 Å². The molecule has 0 fully saturated rings. The smallest absolute Gasteiger partial charge is 0.258 e. The fraction of sp³-hybridized carbons (Fsp3) is 0.450. The van der Waals surface area contributed by atoms with Gasteiger partial charge in [-0.3, -0.25) is 4.79 Å². The number of benzene rings is 1. The third-order valence-electron chi connectivity index (χ3n) is 5.57. The lowest BCUT2D eigenvalue weighted by Crippen LogP contribution is -2.29. The molecular formula is C20H26N2OS. The van der Waals surface area contributed by atoms with Gasteiger partial charge in [0.1, 0.15) is 0 Å². The molecule has 0 saturated heterocycles. The number of fused-ring (bicyclic) bond motifs is 1. The molecule has 1 heterocycles. The van der Waals surface area contributed by atoms with Crippen molar-refractivity contribution in [2.45, 2.75) is 46.5 Å². The quantitative estimate of drug-likeness (QED) is 0.810. The number of carbonyl (C=O) groups is 1. The minimum absolute atomic E-state index is 0.0793. The molecule has 0 spiro atoms. The zero-order valence-electron chi connectivity index (χ0n) is 14.7. The van der Waals surface area contributed by atoms with E-state index in [1.807, 2.05) is 30.3 Å². The summed E-state index contributed by atoms with van der Waals surface area (Å²) >= 11 is 1.60. The summed E-state index contributed by atoms with van der Waals surface area (Å²) in [7, 11) is 0. The van der Waals surface area contributed by atoms with Crippen LogP contribution in [0.25, 0.3) is 0 Å². The van der Waals surface area contributed by atoms with E-state index in [0.29, 0.717) is 21.9 Å². The van der Waals surface area contributed by atoms with Crippen molar-refractivity contribution in [2.24, 2.45) is 11.3 Å². The van der Waals surface area contributed by atoms with Crippen molar-refractivity contribution >= 4 is 27.9 Å². The molecule has 3 rings (SSSR count). The van der Waals surface area contributed by atoms with E-state index in [4.69, 9.17) is 5.73 Å². The molecule has 1 aromatic heterocycles. The zero-order valence-corrected chi connectivity index (χ0v) is 15.5. The highest BCUT2D eigenvalue weighted by atomic mass is 32.1. The standard InChI is InChI=1S/C20H26N2OS/c1-4-20(2,3)13-10-11-15-16(12-13)24-18(21)17(15)19(23)22-14-8-6-5-7-9-14/h5-9,13H,4,10-12,21H2,1-3H3,(H,22,23). The van der Waals surface area contributed by atoms with Gasteiger partial charge in [-0.1, -0.05) is 45.4 Å². The van der Waals surface area contributed by atoms with Gasteiger partial charge in [-0.2, -0.15) is 0 Å². The first-order valence-electron chi connectivity index (χ1n) is 8.68. The third-order valence-corrected chi connectivity index (χ3v) is 6.65. The number of anilines is 2. The fourth-order valence-electron chi connectivity index (χ4n) is 3.53. The molecule has 2 aromatic rings. The number of hydrogen-bond donors (Lipinski definition) is 2. The molecule has 1 aliphatic carbocycles. The van der Waals surface area contributed by atoms with E-state index < -0.39 is 0 Å². The van der Waals surface area contributed by atoms with Crippen LogP contribution in [0, 0.1) is 11.3 Å². The number of nitrogen functional groups attached to an aromatic ring is 1. The maximum absolute atomic E-state index is 12.7. The highest BCUT2D eigenvalue weighted by Gasteiger charge is 2.34. The van der Waals surface area contributed by atoms with Crippen LogP contribution in [0.5, 0.6) is 0 Å². The number of rotatable bonds is 4. The van der Waals surface area contributed by atoms with E-state index >= 15 is 0 Å². The molecule has 0 saturated carbocycles. The summed E-state index contributed by atoms with van der Waals surface area (Å²) in [5.41, 5.74) is 9.24. The van der Waals surface area contributed by atoms with Crippen LogP contribution in [0.2, 0.25) is 0 Å². The van der Waals surface area contributed by atoms with Gasteiger partial charge in [0.15, 0.2) is 0 Å². The Kier molecular flexibility index (Phi) is 4.68. The number of para-hydroxylation sites is 1. The number of nitrogens with two attached hydrogens (primary N) is 1. The summed E-state index contributed by atoms with van der Waals surface area (Å²) in [6.45, 7) is 6.96. The van der Waals surface area contributed by atoms with Crippen molar-refractivity contribution in [3.8, 4) is 0 Å². The second-order valence-electron chi connectivity index (χ2n) is 7.35. The van der Waals surface area contributed by atoms with E-state index in [1.54, 1.807) is 11.3 Å². The number of thiophene rings is 1. The van der Waals surface area contributed by atoms with E-state index in [9.17, 15) is 4.79 Å². The van der Waals surface area contributed by atoms with Gasteiger partial charge in [-0.15, -0.1) is 11.3 Å². The second-order valence-corrected chi connectivity index (χ2v) is 8.48. The van der Waals surface area contributed by atoms with Crippen LogP contribution in [0.3, 0.4) is 0 Å². The van der Waals surface area contributed by atoms with Crippen LogP contribution in [-0.4, -0.2) is 5.91 Å². The first-order valence-corrected chi connectivity index (χ1v) is 9.50. The highest BCUT2D eigenvalue weighted by Crippen LogP contribution is 2.44. The van der Waals surface area contributed by atoms with Crippen molar-refractivity contribution in [1.29, 1.82) is 0 Å². The molecule has 0 radical (unpaired) electrons. The fourth-order valence-corrected chi connectivity index (χ4v) is 4.72. The lowest BCUT2D eigenvalue weighted by atomic mass is 9.69. The Balaban J connectivity index is 1.84. The zero-order chi connectivity index (χ0) is 17.3. The van der Waals surface area contributed by atoms with Crippen molar-refractivity contribution in [3.63, 3.8) is 0 Å². The maximum Gasteiger partial charge on any atom is 0.258 e. The number of carbonyl (C=O) groups excluding carboxylic acids is 1. The van der Waals surface area contributed by atoms with Crippen molar-refractivity contribution in [3.05, 3.63) is 46.3 Å². The third kappa shape index (κ3) is 3.20. The average molecular weight is 343 g/mol. The Morgan fingerprint density at radius 1 is 1.33 bits per heavy atom. The van der Waals surface area contributed by atoms with Gasteiger partial charge in [0.25, 0.3) is 5.91 Å². The summed E-state index contributed by atoms with van der Waals surface area (Å²) in [6.07, 6.45) is 4.31. The average Bonchev–Trinajstić information content (AvgIpc) is 2.90. The highest BCUT2D eigenvalue weighted by molar-refractivity contribution is 7.16. The molecule has 1 aliphatic rings. The Labute approximate surface area is 148 Å². The van der Waals surface area contributed by atoms with Crippen molar-refractivity contribution in [1.82, 2.24) is 0 Å². The van der Waals surface area contributed by atoms with E-state index in [-0.39, 0.29) is 5.91 Å². The predicted molar refractivity (Wildman–Crippen MR) is 103 cm³/mol. The normalized spacial score (nSPS) is 17.4. The van der Waals surface area contributed by atoms with Crippen LogP contribution < -0.4 is 11.1 Å². The molecule has 128 valence electrons. The van der Waals surface area contributed by atoms with Gasteiger partial charge >= 0.3 is 0 Å². The molecule has 0 aliphatic heterocycles. The molecule has 1 atom stereocenters. The van der Waals surface area contributed by atoms with Crippen LogP contribution >= 0.6 is 11.3 Å². The molecule has 1 unspecified atom stereocenters. The van der Waals surface area contributed by atoms with Gasteiger partial charge in [-0.25, -0.2) is 0 Å². The molecular weight excluding hydrogens is 316 g/mol. The molecule has 1 amide bonds. The summed E-state index contributed by atoms with van der Waals surface area (Å²) in [5.74, 6) is 0.586. The number of hydrogen-bond acceptors (Lipinski definition) is 3. The largest absolute Gasteiger partial charge is 0.390 e. The molecule has 3 N–H and O–H groups in total. The Hall–Kier alpha value is -1.81. The number of amides is 1. The Morgan fingerprint density at radius 2 is 2.04 bits per heavy atom. The van der Waals surface area contributed by atoms with Gasteiger partial charge < -0.3 is 11.1 Å².